The molecule has 3 aromatic rings. The van der Waals surface area contributed by atoms with Crippen molar-refractivity contribution in [3.05, 3.63) is 62.8 Å². The fourth-order valence-electron chi connectivity index (χ4n) is 3.33. The molecule has 1 atom stereocenters. The molecule has 3 heterocycles. The van der Waals surface area contributed by atoms with E-state index in [2.05, 4.69) is 32.7 Å². The van der Waals surface area contributed by atoms with Crippen LogP contribution in [0.1, 0.15) is 16.6 Å². The van der Waals surface area contributed by atoms with Crippen LogP contribution in [0.4, 0.5) is 0 Å². The number of nitrogens with zero attached hydrogens (tertiary/aromatic N) is 2. The van der Waals surface area contributed by atoms with Crippen LogP contribution in [-0.2, 0) is 16.0 Å². The van der Waals surface area contributed by atoms with Crippen molar-refractivity contribution in [3.8, 4) is 10.6 Å². The molecule has 1 aliphatic rings. The minimum Gasteiger partial charge on any atom is -0.379 e. The summed E-state index contributed by atoms with van der Waals surface area (Å²) in [7, 11) is 0. The number of halogens is 1. The molecule has 8 heteroatoms. The van der Waals surface area contributed by atoms with E-state index in [1.807, 2.05) is 29.6 Å². The van der Waals surface area contributed by atoms with E-state index in [9.17, 15) is 4.79 Å². The van der Waals surface area contributed by atoms with Gasteiger partial charge in [0.2, 0.25) is 5.91 Å². The number of morpholine rings is 1. The van der Waals surface area contributed by atoms with Gasteiger partial charge >= 0.3 is 0 Å². The average Bonchev–Trinajstić information content (AvgIpc) is 3.42. The molecule has 0 saturated carbocycles. The highest BCUT2D eigenvalue weighted by Gasteiger charge is 2.24. The zero-order valence-corrected chi connectivity index (χ0v) is 18.2. The molecule has 1 N–H and O–H groups in total. The van der Waals surface area contributed by atoms with Crippen LogP contribution in [-0.4, -0.2) is 48.6 Å². The number of nitrogens with one attached hydrogen (secondary N) is 1. The van der Waals surface area contributed by atoms with Crippen LogP contribution in [0, 0.1) is 0 Å². The molecule has 1 aromatic carbocycles. The largest absolute Gasteiger partial charge is 0.379 e. The molecule has 5 nitrogen and oxygen atoms in total. The lowest BCUT2D eigenvalue weighted by Gasteiger charge is -2.34. The highest BCUT2D eigenvalue weighted by molar-refractivity contribution is 7.13. The third kappa shape index (κ3) is 5.43. The van der Waals surface area contributed by atoms with Gasteiger partial charge in [0, 0.05) is 40.5 Å². The van der Waals surface area contributed by atoms with Crippen molar-refractivity contribution in [2.75, 3.05) is 32.8 Å². The number of carbonyl (C=O) groups excluding carboxylic acids is 1. The first-order valence-electron chi connectivity index (χ1n) is 9.51. The van der Waals surface area contributed by atoms with Gasteiger partial charge in [0.25, 0.3) is 0 Å². The van der Waals surface area contributed by atoms with Gasteiger partial charge in [0.15, 0.2) is 0 Å². The third-order valence-electron chi connectivity index (χ3n) is 4.84. The Hall–Kier alpha value is -1.77. The Balaban J connectivity index is 1.35. The molecule has 1 amide bonds. The number of carbonyl (C=O) groups is 1. The molecule has 1 saturated heterocycles. The Labute approximate surface area is 183 Å². The lowest BCUT2D eigenvalue weighted by atomic mass is 10.2. The Morgan fingerprint density at radius 2 is 2.00 bits per heavy atom. The van der Waals surface area contributed by atoms with E-state index in [1.54, 1.807) is 22.7 Å². The number of ether oxygens (including phenoxy) is 1. The van der Waals surface area contributed by atoms with Crippen molar-refractivity contribution in [2.24, 2.45) is 0 Å². The predicted molar refractivity (Wildman–Crippen MR) is 119 cm³/mol. The number of amides is 1. The van der Waals surface area contributed by atoms with Gasteiger partial charge in [-0.1, -0.05) is 29.8 Å². The summed E-state index contributed by atoms with van der Waals surface area (Å²) in [6, 6.07) is 12.0. The minimum absolute atomic E-state index is 0.00669. The highest BCUT2D eigenvalue weighted by Crippen LogP contribution is 2.26. The summed E-state index contributed by atoms with van der Waals surface area (Å²) >= 11 is 9.22. The number of thiophene rings is 1. The van der Waals surface area contributed by atoms with E-state index in [4.69, 9.17) is 16.3 Å². The maximum absolute atomic E-state index is 12.6. The van der Waals surface area contributed by atoms with Crippen molar-refractivity contribution in [3.63, 3.8) is 0 Å². The van der Waals surface area contributed by atoms with Gasteiger partial charge in [0.05, 0.1) is 31.4 Å². The summed E-state index contributed by atoms with van der Waals surface area (Å²) in [5.41, 5.74) is 1.80. The van der Waals surface area contributed by atoms with E-state index in [-0.39, 0.29) is 18.4 Å². The van der Waals surface area contributed by atoms with Crippen molar-refractivity contribution in [1.82, 2.24) is 15.2 Å². The van der Waals surface area contributed by atoms with Crippen molar-refractivity contribution in [1.29, 1.82) is 0 Å². The van der Waals surface area contributed by atoms with E-state index in [0.29, 0.717) is 11.6 Å². The topological polar surface area (TPSA) is 54.5 Å². The molecule has 4 rings (SSSR count). The van der Waals surface area contributed by atoms with Crippen molar-refractivity contribution in [2.45, 2.75) is 12.5 Å². The van der Waals surface area contributed by atoms with Gasteiger partial charge in [-0.25, -0.2) is 4.98 Å². The SMILES string of the molecule is O=C(Cc1csc(-c2ccc(Cl)cc2)n1)NC[C@H](c1cccs1)N1CCOCC1. The summed E-state index contributed by atoms with van der Waals surface area (Å²) in [5.74, 6) is -0.00669. The van der Waals surface area contributed by atoms with Gasteiger partial charge in [0.1, 0.15) is 5.01 Å². The van der Waals surface area contributed by atoms with Crippen LogP contribution in [0.5, 0.6) is 0 Å². The first-order valence-corrected chi connectivity index (χ1v) is 11.6. The van der Waals surface area contributed by atoms with Crippen LogP contribution in [0.2, 0.25) is 5.02 Å². The first kappa shape index (κ1) is 20.5. The van der Waals surface area contributed by atoms with E-state index < -0.39 is 0 Å². The number of thiazole rings is 1. The fraction of sp³-hybridized carbons (Fsp3) is 0.333. The van der Waals surface area contributed by atoms with Crippen molar-refractivity contribution >= 4 is 40.2 Å². The van der Waals surface area contributed by atoms with Gasteiger partial charge in [-0.15, -0.1) is 22.7 Å². The monoisotopic (exact) mass is 447 g/mol. The number of aromatic nitrogens is 1. The second-order valence-electron chi connectivity index (χ2n) is 6.81. The van der Waals surface area contributed by atoms with Gasteiger partial charge in [-0.3, -0.25) is 9.69 Å². The summed E-state index contributed by atoms with van der Waals surface area (Å²) in [4.78, 5) is 20.8. The van der Waals surface area contributed by atoms with Gasteiger partial charge in [-0.05, 0) is 23.6 Å². The van der Waals surface area contributed by atoms with E-state index in [0.717, 1.165) is 42.6 Å². The van der Waals surface area contributed by atoms with Gasteiger partial charge in [-0.2, -0.15) is 0 Å². The van der Waals surface area contributed by atoms with Crippen LogP contribution in [0.25, 0.3) is 10.6 Å². The van der Waals surface area contributed by atoms with Crippen molar-refractivity contribution < 1.29 is 9.53 Å². The van der Waals surface area contributed by atoms with E-state index >= 15 is 0 Å². The Kier molecular flexibility index (Phi) is 6.94. The van der Waals surface area contributed by atoms with Crippen LogP contribution in [0.3, 0.4) is 0 Å². The molecule has 0 spiro atoms. The average molecular weight is 448 g/mol. The maximum atomic E-state index is 12.6. The molecule has 0 aliphatic carbocycles. The first-order chi connectivity index (χ1) is 14.2. The fourth-order valence-corrected chi connectivity index (χ4v) is 5.14. The van der Waals surface area contributed by atoms with Gasteiger partial charge < -0.3 is 10.1 Å². The molecule has 0 bridgehead atoms. The molecule has 1 fully saturated rings. The molecule has 1 aliphatic heterocycles. The molecular formula is C21H22ClN3O2S2. The lowest BCUT2D eigenvalue weighted by molar-refractivity contribution is -0.120. The molecule has 2 aromatic heterocycles. The summed E-state index contributed by atoms with van der Waals surface area (Å²) < 4.78 is 5.48. The summed E-state index contributed by atoms with van der Waals surface area (Å²) in [6.07, 6.45) is 0.282. The predicted octanol–water partition coefficient (Wildman–Crippen LogP) is 4.26. The molecule has 152 valence electrons. The number of benzene rings is 1. The number of hydrogen-bond donors (Lipinski definition) is 1. The number of rotatable bonds is 7. The molecule has 29 heavy (non-hydrogen) atoms. The van der Waals surface area contributed by atoms with E-state index in [1.165, 1.54) is 4.88 Å². The van der Waals surface area contributed by atoms with Crippen LogP contribution in [0.15, 0.2) is 47.2 Å². The second kappa shape index (κ2) is 9.82. The Morgan fingerprint density at radius 3 is 2.72 bits per heavy atom. The zero-order valence-electron chi connectivity index (χ0n) is 15.8. The molecular weight excluding hydrogens is 426 g/mol. The Morgan fingerprint density at radius 1 is 1.21 bits per heavy atom. The Bertz CT molecular complexity index is 922. The molecule has 0 radical (unpaired) electrons. The lowest BCUT2D eigenvalue weighted by Crippen LogP contribution is -2.43. The zero-order chi connectivity index (χ0) is 20.1. The third-order valence-corrected chi connectivity index (χ3v) is 7.00. The smallest absolute Gasteiger partial charge is 0.226 e. The number of hydrogen-bond acceptors (Lipinski definition) is 6. The summed E-state index contributed by atoms with van der Waals surface area (Å²) in [6.45, 7) is 3.84. The summed E-state index contributed by atoms with van der Waals surface area (Å²) in [5, 5.41) is 8.73. The standard InChI is InChI=1S/C21H22ClN3O2S2/c22-16-5-3-15(4-6-16)21-24-17(14-29-21)12-20(26)23-13-18(19-2-1-11-28-19)25-7-9-27-10-8-25/h1-6,11,14,18H,7-10,12-13H2,(H,23,26)/t18-/m1/s1. The molecule has 0 unspecified atom stereocenters. The second-order valence-corrected chi connectivity index (χ2v) is 9.09. The normalized spacial score (nSPS) is 15.9. The maximum Gasteiger partial charge on any atom is 0.226 e. The minimum atomic E-state index is -0.00669. The quantitative estimate of drug-likeness (QED) is 0.588. The van der Waals surface area contributed by atoms with Crippen LogP contribution < -0.4 is 5.32 Å². The highest BCUT2D eigenvalue weighted by atomic mass is 35.5. The van der Waals surface area contributed by atoms with Crippen LogP contribution >= 0.6 is 34.3 Å².